The van der Waals surface area contributed by atoms with Crippen LogP contribution in [-0.2, 0) is 9.53 Å². The van der Waals surface area contributed by atoms with Gasteiger partial charge in [-0.15, -0.1) is 0 Å². The summed E-state index contributed by atoms with van der Waals surface area (Å²) in [5, 5.41) is 23.0. The number of hydrogen-bond donors (Lipinski definition) is 4. The Hall–Kier alpha value is -4.17. The number of ether oxygens (including phenoxy) is 1. The predicted molar refractivity (Wildman–Crippen MR) is 121 cm³/mol. The number of amides is 2. The highest BCUT2D eigenvalue weighted by Crippen LogP contribution is 2.44. The van der Waals surface area contributed by atoms with Gasteiger partial charge >= 0.3 is 12.1 Å². The first-order chi connectivity index (χ1) is 16.0. The number of hydrogen-bond acceptors (Lipinski definition) is 5. The number of carbonyl (C=O) groups excluding carboxylic acids is 2. The Bertz CT molecular complexity index is 1160. The van der Waals surface area contributed by atoms with Crippen molar-refractivity contribution in [3.8, 4) is 11.1 Å². The van der Waals surface area contributed by atoms with Gasteiger partial charge in [0.2, 0.25) is 0 Å². The van der Waals surface area contributed by atoms with E-state index in [1.165, 1.54) is 12.1 Å². The van der Waals surface area contributed by atoms with E-state index in [0.29, 0.717) is 0 Å². The summed E-state index contributed by atoms with van der Waals surface area (Å²) < 4.78 is 5.51. The van der Waals surface area contributed by atoms with Crippen molar-refractivity contribution in [1.29, 1.82) is 0 Å². The number of carboxylic acids is 1. The minimum atomic E-state index is -1.73. The van der Waals surface area contributed by atoms with Gasteiger partial charge in [0.15, 0.2) is 6.10 Å². The van der Waals surface area contributed by atoms with Crippen LogP contribution in [0.3, 0.4) is 0 Å². The summed E-state index contributed by atoms with van der Waals surface area (Å²) in [7, 11) is 0. The van der Waals surface area contributed by atoms with E-state index in [-0.39, 0.29) is 23.8 Å². The molecule has 0 aliphatic heterocycles. The summed E-state index contributed by atoms with van der Waals surface area (Å²) in [5.74, 6) is -2.18. The number of aliphatic hydroxyl groups is 1. The molecule has 0 bridgehead atoms. The van der Waals surface area contributed by atoms with Gasteiger partial charge in [-0.05, 0) is 34.4 Å². The molecular formula is C25H22N2O6. The lowest BCUT2D eigenvalue weighted by Gasteiger charge is -2.16. The smallest absolute Gasteiger partial charge is 0.411 e. The highest BCUT2D eigenvalue weighted by molar-refractivity contribution is 6.02. The molecule has 1 atom stereocenters. The number of carbonyl (C=O) groups is 3. The fourth-order valence-corrected chi connectivity index (χ4v) is 3.91. The molecule has 3 aromatic carbocycles. The normalized spacial score (nSPS) is 12.9. The highest BCUT2D eigenvalue weighted by atomic mass is 16.5. The van der Waals surface area contributed by atoms with E-state index >= 15 is 0 Å². The molecule has 1 aliphatic rings. The highest BCUT2D eigenvalue weighted by Gasteiger charge is 2.29. The average molecular weight is 446 g/mol. The van der Waals surface area contributed by atoms with Crippen molar-refractivity contribution in [3.05, 3.63) is 89.5 Å². The zero-order valence-corrected chi connectivity index (χ0v) is 17.5. The summed E-state index contributed by atoms with van der Waals surface area (Å²) >= 11 is 0. The van der Waals surface area contributed by atoms with Gasteiger partial charge in [-0.25, -0.2) is 9.59 Å². The van der Waals surface area contributed by atoms with E-state index in [9.17, 15) is 19.5 Å². The monoisotopic (exact) mass is 446 g/mol. The number of nitrogens with one attached hydrogen (secondary N) is 2. The summed E-state index contributed by atoms with van der Waals surface area (Å²) in [6.07, 6.45) is -2.45. The fourth-order valence-electron chi connectivity index (χ4n) is 3.91. The first kappa shape index (κ1) is 22.0. The molecule has 0 heterocycles. The standard InChI is InChI=1S/C25H22N2O6/c28-22(24(30)31)13-26-23(29)19-11-5-6-12-21(19)27-25(32)33-14-20-17-9-3-1-7-15(17)16-8-2-4-10-18(16)20/h1-12,20,22,28H,13-14H2,(H,26,29)(H,27,32)(H,30,31)/t22-/m0/s1. The Morgan fingerprint density at radius 2 is 1.45 bits per heavy atom. The van der Waals surface area contributed by atoms with Gasteiger partial charge in [-0.1, -0.05) is 60.7 Å². The quantitative estimate of drug-likeness (QED) is 0.442. The van der Waals surface area contributed by atoms with Crippen LogP contribution >= 0.6 is 0 Å². The second kappa shape index (κ2) is 9.54. The van der Waals surface area contributed by atoms with E-state index in [4.69, 9.17) is 9.84 Å². The van der Waals surface area contributed by atoms with Gasteiger partial charge in [0, 0.05) is 5.92 Å². The lowest BCUT2D eigenvalue weighted by molar-refractivity contribution is -0.146. The zero-order chi connectivity index (χ0) is 23.4. The maximum atomic E-state index is 12.5. The molecule has 0 unspecified atom stereocenters. The number of fused-ring (bicyclic) bond motifs is 3. The summed E-state index contributed by atoms with van der Waals surface area (Å²) in [6.45, 7) is -0.341. The molecule has 0 fully saturated rings. The van der Waals surface area contributed by atoms with E-state index in [2.05, 4.69) is 10.6 Å². The van der Waals surface area contributed by atoms with Gasteiger partial charge in [0.25, 0.3) is 5.91 Å². The molecule has 0 aromatic heterocycles. The number of rotatable bonds is 7. The van der Waals surface area contributed by atoms with Crippen molar-refractivity contribution >= 4 is 23.7 Å². The summed E-state index contributed by atoms with van der Waals surface area (Å²) in [4.78, 5) is 35.7. The molecule has 8 heteroatoms. The lowest BCUT2D eigenvalue weighted by Crippen LogP contribution is -2.36. The lowest BCUT2D eigenvalue weighted by atomic mass is 9.98. The Morgan fingerprint density at radius 1 is 0.879 bits per heavy atom. The van der Waals surface area contributed by atoms with E-state index in [1.807, 2.05) is 48.5 Å². The fraction of sp³-hybridized carbons (Fsp3) is 0.160. The van der Waals surface area contributed by atoms with Gasteiger partial charge in [-0.2, -0.15) is 0 Å². The summed E-state index contributed by atoms with van der Waals surface area (Å²) in [5.41, 5.74) is 4.73. The SMILES string of the molecule is O=C(Nc1ccccc1C(=O)NC[C@H](O)C(=O)O)OCC1c2ccccc2-c2ccccc21. The Labute approximate surface area is 189 Å². The minimum absolute atomic E-state index is 0.0980. The van der Waals surface area contributed by atoms with Gasteiger partial charge < -0.3 is 20.3 Å². The molecule has 0 saturated carbocycles. The molecule has 4 rings (SSSR count). The molecular weight excluding hydrogens is 424 g/mol. The number of para-hydroxylation sites is 1. The Balaban J connectivity index is 1.42. The molecule has 1 aliphatic carbocycles. The molecule has 0 saturated heterocycles. The van der Waals surface area contributed by atoms with Crippen LogP contribution in [0.2, 0.25) is 0 Å². The van der Waals surface area contributed by atoms with E-state index in [1.54, 1.807) is 12.1 Å². The molecule has 8 nitrogen and oxygen atoms in total. The second-order valence-electron chi connectivity index (χ2n) is 7.56. The number of carboxylic acid groups (broad SMARTS) is 1. The number of aliphatic hydroxyl groups excluding tert-OH is 1. The number of aliphatic carboxylic acids is 1. The molecule has 168 valence electrons. The minimum Gasteiger partial charge on any atom is -0.479 e. The van der Waals surface area contributed by atoms with Crippen LogP contribution in [0.1, 0.15) is 27.4 Å². The average Bonchev–Trinajstić information content (AvgIpc) is 3.15. The second-order valence-corrected chi connectivity index (χ2v) is 7.56. The molecule has 2 amide bonds. The third kappa shape index (κ3) is 4.70. The van der Waals surface area contributed by atoms with Crippen molar-refractivity contribution < 1.29 is 29.3 Å². The van der Waals surface area contributed by atoms with Crippen molar-refractivity contribution in [2.24, 2.45) is 0 Å². The largest absolute Gasteiger partial charge is 0.479 e. The third-order valence-electron chi connectivity index (χ3n) is 5.49. The van der Waals surface area contributed by atoms with Crippen LogP contribution in [0.15, 0.2) is 72.8 Å². The van der Waals surface area contributed by atoms with Crippen LogP contribution in [0.5, 0.6) is 0 Å². The van der Waals surface area contributed by atoms with Crippen molar-refractivity contribution in [1.82, 2.24) is 5.32 Å². The number of benzene rings is 3. The predicted octanol–water partition coefficient (Wildman–Crippen LogP) is 3.22. The van der Waals surface area contributed by atoms with Crippen molar-refractivity contribution in [2.45, 2.75) is 12.0 Å². The van der Waals surface area contributed by atoms with E-state index < -0.39 is 30.6 Å². The maximum Gasteiger partial charge on any atom is 0.411 e. The Morgan fingerprint density at radius 3 is 2.09 bits per heavy atom. The van der Waals surface area contributed by atoms with Crippen LogP contribution in [-0.4, -0.2) is 47.4 Å². The summed E-state index contributed by atoms with van der Waals surface area (Å²) in [6, 6.07) is 22.2. The van der Waals surface area contributed by atoms with Crippen LogP contribution in [0.25, 0.3) is 11.1 Å². The molecule has 33 heavy (non-hydrogen) atoms. The van der Waals surface area contributed by atoms with Crippen LogP contribution < -0.4 is 10.6 Å². The van der Waals surface area contributed by atoms with E-state index in [0.717, 1.165) is 22.3 Å². The third-order valence-corrected chi connectivity index (χ3v) is 5.49. The van der Waals surface area contributed by atoms with Crippen LogP contribution in [0.4, 0.5) is 10.5 Å². The molecule has 0 spiro atoms. The van der Waals surface area contributed by atoms with Gasteiger partial charge in [-0.3, -0.25) is 10.1 Å². The molecule has 0 radical (unpaired) electrons. The maximum absolute atomic E-state index is 12.5. The van der Waals surface area contributed by atoms with Gasteiger partial charge in [0.1, 0.15) is 6.61 Å². The first-order valence-corrected chi connectivity index (χ1v) is 10.4. The van der Waals surface area contributed by atoms with Crippen molar-refractivity contribution in [2.75, 3.05) is 18.5 Å². The topological polar surface area (TPSA) is 125 Å². The Kier molecular flexibility index (Phi) is 6.37. The first-order valence-electron chi connectivity index (χ1n) is 10.4. The van der Waals surface area contributed by atoms with Gasteiger partial charge in [0.05, 0.1) is 17.8 Å². The zero-order valence-electron chi connectivity index (χ0n) is 17.5. The number of anilines is 1. The molecule has 3 aromatic rings. The van der Waals surface area contributed by atoms with Crippen LogP contribution in [0, 0.1) is 0 Å². The van der Waals surface area contributed by atoms with Crippen molar-refractivity contribution in [3.63, 3.8) is 0 Å². The molecule has 4 N–H and O–H groups in total.